The summed E-state index contributed by atoms with van der Waals surface area (Å²) < 4.78 is 5.25. The summed E-state index contributed by atoms with van der Waals surface area (Å²) in [4.78, 5) is 12.2. The lowest BCUT2D eigenvalue weighted by Crippen LogP contribution is -2.01. The summed E-state index contributed by atoms with van der Waals surface area (Å²) in [5.74, 6) is 0.529. The van der Waals surface area contributed by atoms with Gasteiger partial charge in [-0.25, -0.2) is 0 Å². The van der Waals surface area contributed by atoms with Crippen molar-refractivity contribution in [1.82, 2.24) is 15.0 Å². The summed E-state index contributed by atoms with van der Waals surface area (Å²) >= 11 is 5.85. The monoisotopic (exact) mass is 263 g/mol. The fraction of sp³-hybridized carbons (Fsp3) is 0.308. The maximum atomic E-state index is 5.85. The molecule has 0 amide bonds. The maximum Gasteiger partial charge on any atom is 0.321 e. The Kier molecular flexibility index (Phi) is 4.10. The summed E-state index contributed by atoms with van der Waals surface area (Å²) in [6.07, 6.45) is 1.00. The van der Waals surface area contributed by atoms with Crippen molar-refractivity contribution in [1.29, 1.82) is 0 Å². The standard InChI is InChI=1S/C13H14ClN3O/c1-3-9-5-7-10(8-6-9)11-15-12(14)17-13(16-11)18-4-2/h5-8H,3-4H2,1-2H3. The van der Waals surface area contributed by atoms with Crippen LogP contribution in [-0.2, 0) is 6.42 Å². The van der Waals surface area contributed by atoms with Gasteiger partial charge in [0.2, 0.25) is 5.28 Å². The van der Waals surface area contributed by atoms with Crippen LogP contribution >= 0.6 is 11.6 Å². The van der Waals surface area contributed by atoms with Gasteiger partial charge in [0.25, 0.3) is 0 Å². The predicted molar refractivity (Wildman–Crippen MR) is 70.8 cm³/mol. The van der Waals surface area contributed by atoms with Crippen LogP contribution in [-0.4, -0.2) is 21.6 Å². The summed E-state index contributed by atoms with van der Waals surface area (Å²) in [5.41, 5.74) is 2.17. The topological polar surface area (TPSA) is 47.9 Å². The molecular weight excluding hydrogens is 250 g/mol. The molecule has 2 aromatic rings. The largest absolute Gasteiger partial charge is 0.464 e. The van der Waals surface area contributed by atoms with Crippen LogP contribution in [0.2, 0.25) is 5.28 Å². The van der Waals surface area contributed by atoms with E-state index in [1.807, 2.05) is 31.2 Å². The minimum absolute atomic E-state index is 0.142. The summed E-state index contributed by atoms with van der Waals surface area (Å²) in [5, 5.41) is 0.142. The molecule has 0 aliphatic carbocycles. The smallest absolute Gasteiger partial charge is 0.321 e. The van der Waals surface area contributed by atoms with Crippen molar-refractivity contribution in [3.05, 3.63) is 35.1 Å². The Morgan fingerprint density at radius 1 is 1.06 bits per heavy atom. The molecular formula is C13H14ClN3O. The van der Waals surface area contributed by atoms with Crippen molar-refractivity contribution in [2.75, 3.05) is 6.61 Å². The number of hydrogen-bond acceptors (Lipinski definition) is 4. The molecule has 0 spiro atoms. The zero-order chi connectivity index (χ0) is 13.0. The SMILES string of the molecule is CCOc1nc(Cl)nc(-c2ccc(CC)cc2)n1. The van der Waals surface area contributed by atoms with Crippen molar-refractivity contribution >= 4 is 11.6 Å². The number of aromatic nitrogens is 3. The lowest BCUT2D eigenvalue weighted by Gasteiger charge is -2.05. The van der Waals surface area contributed by atoms with Gasteiger partial charge < -0.3 is 4.74 Å². The summed E-state index contributed by atoms with van der Waals surface area (Å²) in [6.45, 7) is 4.48. The first-order chi connectivity index (χ1) is 8.72. The second kappa shape index (κ2) is 5.78. The number of halogens is 1. The Bertz CT molecular complexity index is 528. The van der Waals surface area contributed by atoms with Gasteiger partial charge in [-0.1, -0.05) is 31.2 Å². The lowest BCUT2D eigenvalue weighted by atomic mass is 10.1. The molecule has 0 radical (unpaired) electrons. The van der Waals surface area contributed by atoms with Gasteiger partial charge in [-0.2, -0.15) is 15.0 Å². The van der Waals surface area contributed by atoms with Crippen LogP contribution in [0.15, 0.2) is 24.3 Å². The highest BCUT2D eigenvalue weighted by Gasteiger charge is 2.07. The van der Waals surface area contributed by atoms with Gasteiger partial charge >= 0.3 is 6.01 Å². The molecule has 18 heavy (non-hydrogen) atoms. The quantitative estimate of drug-likeness (QED) is 0.850. The van der Waals surface area contributed by atoms with Crippen LogP contribution in [0.1, 0.15) is 19.4 Å². The van der Waals surface area contributed by atoms with Gasteiger partial charge in [0.15, 0.2) is 5.82 Å². The fourth-order valence-electron chi connectivity index (χ4n) is 1.54. The van der Waals surface area contributed by atoms with Gasteiger partial charge in [-0.05, 0) is 30.5 Å². The number of rotatable bonds is 4. The highest BCUT2D eigenvalue weighted by atomic mass is 35.5. The molecule has 1 aromatic carbocycles. The second-order valence-corrected chi connectivity index (χ2v) is 4.03. The van der Waals surface area contributed by atoms with Gasteiger partial charge in [-0.15, -0.1) is 0 Å². The van der Waals surface area contributed by atoms with Crippen molar-refractivity contribution in [3.63, 3.8) is 0 Å². The Balaban J connectivity index is 2.36. The van der Waals surface area contributed by atoms with E-state index in [-0.39, 0.29) is 11.3 Å². The minimum atomic E-state index is 0.142. The first-order valence-electron chi connectivity index (χ1n) is 5.86. The Labute approximate surface area is 111 Å². The molecule has 94 valence electrons. The zero-order valence-corrected chi connectivity index (χ0v) is 11.1. The lowest BCUT2D eigenvalue weighted by molar-refractivity contribution is 0.312. The average molecular weight is 264 g/mol. The summed E-state index contributed by atoms with van der Waals surface area (Å²) in [7, 11) is 0. The van der Waals surface area contributed by atoms with E-state index in [1.54, 1.807) is 0 Å². The van der Waals surface area contributed by atoms with Crippen LogP contribution < -0.4 is 4.74 Å². The third kappa shape index (κ3) is 2.96. The summed E-state index contributed by atoms with van der Waals surface area (Å²) in [6, 6.07) is 8.30. The van der Waals surface area contributed by atoms with Crippen LogP contribution in [0.5, 0.6) is 6.01 Å². The molecule has 0 unspecified atom stereocenters. The van der Waals surface area contributed by atoms with Crippen molar-refractivity contribution in [2.45, 2.75) is 20.3 Å². The van der Waals surface area contributed by atoms with E-state index in [1.165, 1.54) is 5.56 Å². The molecule has 1 heterocycles. The van der Waals surface area contributed by atoms with Crippen molar-refractivity contribution in [2.24, 2.45) is 0 Å². The van der Waals surface area contributed by atoms with Gasteiger partial charge in [0.1, 0.15) is 0 Å². The third-order valence-corrected chi connectivity index (χ3v) is 2.65. The van der Waals surface area contributed by atoms with E-state index in [9.17, 15) is 0 Å². The molecule has 2 rings (SSSR count). The molecule has 0 aliphatic heterocycles. The van der Waals surface area contributed by atoms with Crippen LogP contribution in [0, 0.1) is 0 Å². The second-order valence-electron chi connectivity index (χ2n) is 3.69. The number of benzene rings is 1. The third-order valence-electron chi connectivity index (χ3n) is 2.48. The maximum absolute atomic E-state index is 5.85. The van der Waals surface area contributed by atoms with E-state index in [4.69, 9.17) is 16.3 Å². The minimum Gasteiger partial charge on any atom is -0.464 e. The molecule has 0 saturated heterocycles. The Morgan fingerprint density at radius 2 is 1.78 bits per heavy atom. The number of hydrogen-bond donors (Lipinski definition) is 0. The van der Waals surface area contributed by atoms with E-state index < -0.39 is 0 Å². The molecule has 0 saturated carbocycles. The number of aryl methyl sites for hydroxylation is 1. The van der Waals surface area contributed by atoms with Crippen LogP contribution in [0.25, 0.3) is 11.4 Å². The van der Waals surface area contributed by atoms with Crippen molar-refractivity contribution < 1.29 is 4.74 Å². The Hall–Kier alpha value is -1.68. The highest BCUT2D eigenvalue weighted by Crippen LogP contribution is 2.19. The normalized spacial score (nSPS) is 10.4. The molecule has 0 atom stereocenters. The van der Waals surface area contributed by atoms with Gasteiger partial charge in [-0.3, -0.25) is 0 Å². The van der Waals surface area contributed by atoms with E-state index in [0.717, 1.165) is 12.0 Å². The molecule has 0 fully saturated rings. The predicted octanol–water partition coefficient (Wildman–Crippen LogP) is 3.15. The van der Waals surface area contributed by atoms with E-state index >= 15 is 0 Å². The Morgan fingerprint density at radius 3 is 2.39 bits per heavy atom. The van der Waals surface area contributed by atoms with Gasteiger partial charge in [0, 0.05) is 5.56 Å². The number of nitrogens with zero attached hydrogens (tertiary/aromatic N) is 3. The number of ether oxygens (including phenoxy) is 1. The zero-order valence-electron chi connectivity index (χ0n) is 10.4. The first kappa shape index (κ1) is 12.8. The molecule has 4 nitrogen and oxygen atoms in total. The molecule has 5 heteroatoms. The molecule has 0 aliphatic rings. The van der Waals surface area contributed by atoms with Gasteiger partial charge in [0.05, 0.1) is 6.61 Å². The van der Waals surface area contributed by atoms with E-state index in [2.05, 4.69) is 21.9 Å². The average Bonchev–Trinajstić information content (AvgIpc) is 2.38. The molecule has 0 N–H and O–H groups in total. The van der Waals surface area contributed by atoms with Crippen molar-refractivity contribution in [3.8, 4) is 17.4 Å². The van der Waals surface area contributed by atoms with Crippen LogP contribution in [0.3, 0.4) is 0 Å². The molecule has 1 aromatic heterocycles. The molecule has 0 bridgehead atoms. The van der Waals surface area contributed by atoms with E-state index in [0.29, 0.717) is 12.4 Å². The highest BCUT2D eigenvalue weighted by molar-refractivity contribution is 6.28. The fourth-order valence-corrected chi connectivity index (χ4v) is 1.70. The first-order valence-corrected chi connectivity index (χ1v) is 6.24. The van der Waals surface area contributed by atoms with Crippen LogP contribution in [0.4, 0.5) is 0 Å².